The van der Waals surface area contributed by atoms with Crippen LogP contribution in [0.25, 0.3) is 16.9 Å². The molecule has 0 unspecified atom stereocenters. The molecule has 0 radical (unpaired) electrons. The number of pyridine rings is 1. The monoisotopic (exact) mass is 510 g/mol. The molecule has 11 nitrogen and oxygen atoms in total. The molecule has 1 N–H and O–H groups in total. The zero-order valence-corrected chi connectivity index (χ0v) is 20.2. The Morgan fingerprint density at radius 3 is 2.44 bits per heavy atom. The Hall–Kier alpha value is -4.45. The Balaban J connectivity index is 1.61. The van der Waals surface area contributed by atoms with Crippen molar-refractivity contribution in [3.05, 3.63) is 82.5 Å². The highest BCUT2D eigenvalue weighted by atomic mass is 32.2. The third-order valence-electron chi connectivity index (χ3n) is 5.16. The molecule has 0 aliphatic heterocycles. The number of nitro benzene ring substituents is 1. The molecule has 12 heteroatoms. The van der Waals surface area contributed by atoms with Crippen LogP contribution in [0.15, 0.2) is 71.8 Å². The lowest BCUT2D eigenvalue weighted by Crippen LogP contribution is -2.17. The second kappa shape index (κ2) is 10.0. The molecular weight excluding hydrogens is 488 g/mol. The smallest absolute Gasteiger partial charge is 0.339 e. The number of anilines is 1. The Morgan fingerprint density at radius 1 is 1.11 bits per heavy atom. The molecule has 0 aliphatic rings. The maximum absolute atomic E-state index is 12.6. The maximum atomic E-state index is 12.6. The molecule has 0 amide bonds. The lowest BCUT2D eigenvalue weighted by Gasteiger charge is -2.10. The van der Waals surface area contributed by atoms with Gasteiger partial charge >= 0.3 is 16.1 Å². The van der Waals surface area contributed by atoms with Crippen LogP contribution in [0.2, 0.25) is 0 Å². The summed E-state index contributed by atoms with van der Waals surface area (Å²) in [4.78, 5) is 26.5. The van der Waals surface area contributed by atoms with Crippen LogP contribution in [-0.4, -0.2) is 41.8 Å². The van der Waals surface area contributed by atoms with E-state index in [0.29, 0.717) is 22.7 Å². The number of hydrogen-bond acceptors (Lipinski definition) is 9. The van der Waals surface area contributed by atoms with Crippen LogP contribution >= 0.6 is 0 Å². The topological polar surface area (TPSA) is 142 Å². The van der Waals surface area contributed by atoms with Crippen molar-refractivity contribution in [3.63, 3.8) is 0 Å². The minimum atomic E-state index is -4.20. The molecular formula is C24H22N4O7S. The summed E-state index contributed by atoms with van der Waals surface area (Å²) in [5, 5.41) is 13.9. The molecule has 2 aromatic carbocycles. The van der Waals surface area contributed by atoms with E-state index in [1.807, 2.05) is 29.7 Å². The predicted octanol–water partition coefficient (Wildman–Crippen LogP) is 3.96. The minimum Gasteiger partial charge on any atom is -0.465 e. The fraction of sp³-hybridized carbons (Fsp3) is 0.167. The van der Waals surface area contributed by atoms with Crippen molar-refractivity contribution in [1.82, 2.24) is 9.38 Å². The van der Waals surface area contributed by atoms with E-state index >= 15 is 0 Å². The van der Waals surface area contributed by atoms with Crippen LogP contribution in [0.1, 0.15) is 12.5 Å². The van der Waals surface area contributed by atoms with Crippen molar-refractivity contribution in [3.8, 4) is 17.0 Å². The lowest BCUT2D eigenvalue weighted by atomic mass is 10.1. The van der Waals surface area contributed by atoms with Gasteiger partial charge in [-0.15, -0.1) is 0 Å². The number of imidazole rings is 1. The van der Waals surface area contributed by atoms with Crippen LogP contribution in [0.3, 0.4) is 0 Å². The van der Waals surface area contributed by atoms with Gasteiger partial charge in [-0.3, -0.25) is 19.3 Å². The standard InChI is InChI=1S/C24H22N4O7S/c1-3-34-22(29)15-25-24-23(26-21-14-16(2)12-13-27(21)24)17-4-8-19(9-5-17)35-36(32,33)20-10-6-18(7-11-20)28(30)31/h4-14,25H,3,15H2,1-2H3. The highest BCUT2D eigenvalue weighted by Crippen LogP contribution is 2.31. The fourth-order valence-corrected chi connectivity index (χ4v) is 4.39. The van der Waals surface area contributed by atoms with Gasteiger partial charge in [0.25, 0.3) is 5.69 Å². The molecule has 0 fully saturated rings. The van der Waals surface area contributed by atoms with Crippen molar-refractivity contribution < 1.29 is 27.1 Å². The van der Waals surface area contributed by atoms with Gasteiger partial charge in [0.05, 0.1) is 11.5 Å². The van der Waals surface area contributed by atoms with Crippen LogP contribution < -0.4 is 9.50 Å². The normalized spacial score (nSPS) is 11.3. The number of ether oxygens (including phenoxy) is 1. The number of nitro groups is 1. The second-order valence-electron chi connectivity index (χ2n) is 7.71. The number of nitrogens with one attached hydrogen (secondary N) is 1. The molecule has 186 valence electrons. The van der Waals surface area contributed by atoms with Crippen molar-refractivity contribution in [2.24, 2.45) is 0 Å². The van der Waals surface area contributed by atoms with E-state index in [2.05, 4.69) is 10.3 Å². The quantitative estimate of drug-likeness (QED) is 0.153. The van der Waals surface area contributed by atoms with Crippen molar-refractivity contribution in [1.29, 1.82) is 0 Å². The van der Waals surface area contributed by atoms with Gasteiger partial charge in [-0.1, -0.05) is 0 Å². The van der Waals surface area contributed by atoms with E-state index in [1.165, 1.54) is 12.1 Å². The fourth-order valence-electron chi connectivity index (χ4n) is 3.46. The highest BCUT2D eigenvalue weighted by molar-refractivity contribution is 7.87. The summed E-state index contributed by atoms with van der Waals surface area (Å²) < 4.78 is 37.2. The summed E-state index contributed by atoms with van der Waals surface area (Å²) in [6.45, 7) is 3.88. The summed E-state index contributed by atoms with van der Waals surface area (Å²) >= 11 is 0. The SMILES string of the molecule is CCOC(=O)CNc1c(-c2ccc(OS(=O)(=O)c3ccc([N+](=O)[O-])cc3)cc2)nc2cc(C)ccn12. The van der Waals surface area contributed by atoms with Crippen molar-refractivity contribution in [2.75, 3.05) is 18.5 Å². The molecule has 0 saturated carbocycles. The summed E-state index contributed by atoms with van der Waals surface area (Å²) in [6, 6.07) is 14.5. The first-order valence-corrected chi connectivity index (χ1v) is 12.3. The molecule has 4 aromatic rings. The maximum Gasteiger partial charge on any atom is 0.339 e. The number of nitrogens with zero attached hydrogens (tertiary/aromatic N) is 3. The zero-order valence-electron chi connectivity index (χ0n) is 19.4. The van der Waals surface area contributed by atoms with Gasteiger partial charge in [-0.05, 0) is 67.9 Å². The summed E-state index contributed by atoms with van der Waals surface area (Å²) in [5.41, 5.74) is 2.65. The average molecular weight is 511 g/mol. The van der Waals surface area contributed by atoms with Crippen LogP contribution in [0.4, 0.5) is 11.5 Å². The number of hydrogen-bond donors (Lipinski definition) is 1. The molecule has 4 rings (SSSR count). The minimum absolute atomic E-state index is 0.0535. The first kappa shape index (κ1) is 24.7. The van der Waals surface area contributed by atoms with E-state index < -0.39 is 21.0 Å². The number of non-ortho nitro benzene ring substituents is 1. The number of benzene rings is 2. The molecule has 2 heterocycles. The Bertz CT molecular complexity index is 1530. The summed E-state index contributed by atoms with van der Waals surface area (Å²) in [5.74, 6) is 0.216. The molecule has 2 aromatic heterocycles. The number of carbonyl (C=O) groups excluding carboxylic acids is 1. The first-order valence-electron chi connectivity index (χ1n) is 10.9. The number of rotatable bonds is 9. The Morgan fingerprint density at radius 2 is 1.81 bits per heavy atom. The molecule has 36 heavy (non-hydrogen) atoms. The van der Waals surface area contributed by atoms with Gasteiger partial charge in [0.1, 0.15) is 34.3 Å². The zero-order chi connectivity index (χ0) is 25.9. The average Bonchev–Trinajstić information content (AvgIpc) is 3.20. The third kappa shape index (κ3) is 5.28. The summed E-state index contributed by atoms with van der Waals surface area (Å²) in [7, 11) is -4.20. The second-order valence-corrected chi connectivity index (χ2v) is 9.26. The Kier molecular flexibility index (Phi) is 6.88. The van der Waals surface area contributed by atoms with Gasteiger partial charge < -0.3 is 14.2 Å². The van der Waals surface area contributed by atoms with Crippen molar-refractivity contribution >= 4 is 33.2 Å². The van der Waals surface area contributed by atoms with Gasteiger partial charge in [-0.25, -0.2) is 4.98 Å². The van der Waals surface area contributed by atoms with E-state index in [-0.39, 0.29) is 29.5 Å². The van der Waals surface area contributed by atoms with Gasteiger partial charge in [0.15, 0.2) is 0 Å². The number of aromatic nitrogens is 2. The van der Waals surface area contributed by atoms with Crippen LogP contribution in [0, 0.1) is 17.0 Å². The Labute approximate surface area is 206 Å². The molecule has 0 atom stereocenters. The van der Waals surface area contributed by atoms with Gasteiger partial charge in [0, 0.05) is 23.9 Å². The number of carbonyl (C=O) groups is 1. The van der Waals surface area contributed by atoms with E-state index in [4.69, 9.17) is 8.92 Å². The summed E-state index contributed by atoms with van der Waals surface area (Å²) in [6.07, 6.45) is 1.84. The largest absolute Gasteiger partial charge is 0.465 e. The number of aryl methyl sites for hydroxylation is 1. The highest BCUT2D eigenvalue weighted by Gasteiger charge is 2.20. The van der Waals surface area contributed by atoms with Crippen LogP contribution in [0.5, 0.6) is 5.75 Å². The molecule has 0 aliphatic carbocycles. The van der Waals surface area contributed by atoms with Crippen LogP contribution in [-0.2, 0) is 19.6 Å². The predicted molar refractivity (Wildman–Crippen MR) is 131 cm³/mol. The van der Waals surface area contributed by atoms with E-state index in [0.717, 1.165) is 29.8 Å². The van der Waals surface area contributed by atoms with Gasteiger partial charge in [-0.2, -0.15) is 8.42 Å². The number of fused-ring (bicyclic) bond motifs is 1. The lowest BCUT2D eigenvalue weighted by molar-refractivity contribution is -0.384. The van der Waals surface area contributed by atoms with Gasteiger partial charge in [0.2, 0.25) is 0 Å². The molecule has 0 bridgehead atoms. The first-order chi connectivity index (χ1) is 17.2. The van der Waals surface area contributed by atoms with E-state index in [9.17, 15) is 23.3 Å². The molecule has 0 spiro atoms. The van der Waals surface area contributed by atoms with E-state index in [1.54, 1.807) is 19.1 Å². The van der Waals surface area contributed by atoms with Crippen molar-refractivity contribution in [2.45, 2.75) is 18.7 Å². The number of esters is 1. The molecule has 0 saturated heterocycles. The third-order valence-corrected chi connectivity index (χ3v) is 6.42.